The van der Waals surface area contributed by atoms with Crippen LogP contribution in [0.4, 0.5) is 0 Å². The standard InChI is InChI=1S/C14H15NO2/c1-10-5-3-6-12(9-10)11(2)15-14(16)13-7-4-8-17-13/h3-9,11H,1-2H3,(H,15,16). The van der Waals surface area contributed by atoms with Crippen LogP contribution in [0, 0.1) is 6.92 Å². The maximum atomic E-state index is 11.8. The van der Waals surface area contributed by atoms with Gasteiger partial charge in [0.1, 0.15) is 0 Å². The predicted molar refractivity (Wildman–Crippen MR) is 65.8 cm³/mol. The van der Waals surface area contributed by atoms with E-state index in [0.29, 0.717) is 5.76 Å². The summed E-state index contributed by atoms with van der Waals surface area (Å²) < 4.78 is 5.04. The highest BCUT2D eigenvalue weighted by Crippen LogP contribution is 2.14. The van der Waals surface area contributed by atoms with Crippen LogP contribution in [0.25, 0.3) is 0 Å². The Morgan fingerprint density at radius 3 is 2.76 bits per heavy atom. The minimum absolute atomic E-state index is 0.0347. The molecule has 3 nitrogen and oxygen atoms in total. The van der Waals surface area contributed by atoms with E-state index in [1.54, 1.807) is 12.1 Å². The van der Waals surface area contributed by atoms with E-state index in [1.807, 2.05) is 32.0 Å². The van der Waals surface area contributed by atoms with Crippen molar-refractivity contribution >= 4 is 5.91 Å². The van der Waals surface area contributed by atoms with Crippen molar-refractivity contribution < 1.29 is 9.21 Å². The first-order valence-corrected chi connectivity index (χ1v) is 5.58. The monoisotopic (exact) mass is 229 g/mol. The fraction of sp³-hybridized carbons (Fsp3) is 0.214. The number of carbonyl (C=O) groups excluding carboxylic acids is 1. The molecule has 0 aliphatic heterocycles. The number of amides is 1. The molecule has 0 fully saturated rings. The number of rotatable bonds is 3. The van der Waals surface area contributed by atoms with Crippen molar-refractivity contribution in [3.05, 3.63) is 59.5 Å². The second-order valence-corrected chi connectivity index (χ2v) is 4.09. The van der Waals surface area contributed by atoms with Gasteiger partial charge in [-0.3, -0.25) is 4.79 Å². The van der Waals surface area contributed by atoms with Gasteiger partial charge in [-0.05, 0) is 31.5 Å². The molecular weight excluding hydrogens is 214 g/mol. The summed E-state index contributed by atoms with van der Waals surface area (Å²) in [7, 11) is 0. The molecule has 17 heavy (non-hydrogen) atoms. The zero-order chi connectivity index (χ0) is 12.3. The van der Waals surface area contributed by atoms with Crippen LogP contribution in [0.15, 0.2) is 47.1 Å². The van der Waals surface area contributed by atoms with E-state index in [4.69, 9.17) is 4.42 Å². The van der Waals surface area contributed by atoms with Crippen molar-refractivity contribution in [1.29, 1.82) is 0 Å². The third kappa shape index (κ3) is 2.75. The number of nitrogens with one attached hydrogen (secondary N) is 1. The molecule has 1 heterocycles. The average molecular weight is 229 g/mol. The number of benzene rings is 1. The molecule has 0 saturated carbocycles. The van der Waals surface area contributed by atoms with Gasteiger partial charge in [-0.15, -0.1) is 0 Å². The maximum Gasteiger partial charge on any atom is 0.287 e. The third-order valence-corrected chi connectivity index (χ3v) is 2.63. The van der Waals surface area contributed by atoms with Gasteiger partial charge in [0.15, 0.2) is 5.76 Å². The lowest BCUT2D eigenvalue weighted by Crippen LogP contribution is -2.26. The van der Waals surface area contributed by atoms with Crippen LogP contribution < -0.4 is 5.32 Å². The average Bonchev–Trinajstić information content (AvgIpc) is 2.82. The summed E-state index contributed by atoms with van der Waals surface area (Å²) in [6, 6.07) is 11.4. The maximum absolute atomic E-state index is 11.8. The Hall–Kier alpha value is -2.03. The highest BCUT2D eigenvalue weighted by atomic mass is 16.3. The molecule has 3 heteroatoms. The van der Waals surface area contributed by atoms with Gasteiger partial charge in [0.25, 0.3) is 5.91 Å². The number of aryl methyl sites for hydroxylation is 1. The molecule has 2 rings (SSSR count). The van der Waals surface area contributed by atoms with Gasteiger partial charge in [0.05, 0.1) is 12.3 Å². The molecule has 88 valence electrons. The Labute approximate surface area is 100 Å². The first-order valence-electron chi connectivity index (χ1n) is 5.58. The molecule has 0 saturated heterocycles. The zero-order valence-corrected chi connectivity index (χ0v) is 9.94. The molecule has 1 N–H and O–H groups in total. The van der Waals surface area contributed by atoms with E-state index in [-0.39, 0.29) is 11.9 Å². The van der Waals surface area contributed by atoms with Crippen molar-refractivity contribution in [2.45, 2.75) is 19.9 Å². The summed E-state index contributed by atoms with van der Waals surface area (Å²) in [6.07, 6.45) is 1.49. The number of carbonyl (C=O) groups is 1. The van der Waals surface area contributed by atoms with E-state index in [1.165, 1.54) is 11.8 Å². The summed E-state index contributed by atoms with van der Waals surface area (Å²) >= 11 is 0. The van der Waals surface area contributed by atoms with Crippen molar-refractivity contribution in [3.8, 4) is 0 Å². The van der Waals surface area contributed by atoms with Crippen molar-refractivity contribution in [1.82, 2.24) is 5.32 Å². The number of hydrogen-bond acceptors (Lipinski definition) is 2. The Kier molecular flexibility index (Phi) is 3.28. The van der Waals surface area contributed by atoms with E-state index in [9.17, 15) is 4.79 Å². The second-order valence-electron chi connectivity index (χ2n) is 4.09. The smallest absolute Gasteiger partial charge is 0.287 e. The second kappa shape index (κ2) is 4.87. The van der Waals surface area contributed by atoms with Gasteiger partial charge in [0, 0.05) is 0 Å². The SMILES string of the molecule is Cc1cccc(C(C)NC(=O)c2ccco2)c1. The fourth-order valence-electron chi connectivity index (χ4n) is 1.70. The predicted octanol–water partition coefficient (Wildman–Crippen LogP) is 3.08. The van der Waals surface area contributed by atoms with Crippen molar-refractivity contribution in [2.75, 3.05) is 0 Å². The molecule has 0 bridgehead atoms. The zero-order valence-electron chi connectivity index (χ0n) is 9.94. The van der Waals surface area contributed by atoms with Crippen molar-refractivity contribution in [3.63, 3.8) is 0 Å². The topological polar surface area (TPSA) is 42.2 Å². The summed E-state index contributed by atoms with van der Waals surface area (Å²) in [5, 5.41) is 2.89. The van der Waals surface area contributed by atoms with Crippen LogP contribution in [0.1, 0.15) is 34.6 Å². The minimum Gasteiger partial charge on any atom is -0.459 e. The first kappa shape index (κ1) is 11.5. The summed E-state index contributed by atoms with van der Waals surface area (Å²) in [6.45, 7) is 3.99. The minimum atomic E-state index is -0.191. The van der Waals surface area contributed by atoms with E-state index in [2.05, 4.69) is 11.4 Å². The van der Waals surface area contributed by atoms with Crippen LogP contribution in [0.3, 0.4) is 0 Å². The lowest BCUT2D eigenvalue weighted by molar-refractivity contribution is 0.0912. The normalized spacial score (nSPS) is 12.1. The van der Waals surface area contributed by atoms with Crippen LogP contribution in [-0.4, -0.2) is 5.91 Å². The Morgan fingerprint density at radius 1 is 1.29 bits per heavy atom. The van der Waals surface area contributed by atoms with Crippen LogP contribution in [0.5, 0.6) is 0 Å². The van der Waals surface area contributed by atoms with Crippen LogP contribution in [-0.2, 0) is 0 Å². The van der Waals surface area contributed by atoms with Gasteiger partial charge in [-0.25, -0.2) is 0 Å². The summed E-state index contributed by atoms with van der Waals surface area (Å²) in [4.78, 5) is 11.8. The Bertz CT molecular complexity index is 503. The number of furan rings is 1. The van der Waals surface area contributed by atoms with E-state index in [0.717, 1.165) is 5.56 Å². The van der Waals surface area contributed by atoms with E-state index < -0.39 is 0 Å². The molecule has 1 aromatic heterocycles. The highest BCUT2D eigenvalue weighted by Gasteiger charge is 2.13. The molecule has 1 atom stereocenters. The molecule has 1 unspecified atom stereocenters. The summed E-state index contributed by atoms with van der Waals surface area (Å²) in [5.74, 6) is 0.147. The molecule has 0 aliphatic carbocycles. The molecule has 2 aromatic rings. The van der Waals surface area contributed by atoms with Crippen molar-refractivity contribution in [2.24, 2.45) is 0 Å². The lowest BCUT2D eigenvalue weighted by Gasteiger charge is -2.13. The lowest BCUT2D eigenvalue weighted by atomic mass is 10.1. The molecule has 0 aliphatic rings. The first-order chi connectivity index (χ1) is 8.16. The van der Waals surface area contributed by atoms with Gasteiger partial charge in [0.2, 0.25) is 0 Å². The molecule has 1 aromatic carbocycles. The molecule has 0 spiro atoms. The van der Waals surface area contributed by atoms with E-state index >= 15 is 0 Å². The largest absolute Gasteiger partial charge is 0.459 e. The number of hydrogen-bond donors (Lipinski definition) is 1. The molecule has 1 amide bonds. The Morgan fingerprint density at radius 2 is 2.12 bits per heavy atom. The van der Waals surface area contributed by atoms with Gasteiger partial charge in [-0.1, -0.05) is 29.8 Å². The van der Waals surface area contributed by atoms with Gasteiger partial charge in [-0.2, -0.15) is 0 Å². The quantitative estimate of drug-likeness (QED) is 0.878. The summed E-state index contributed by atoms with van der Waals surface area (Å²) in [5.41, 5.74) is 2.27. The fourth-order valence-corrected chi connectivity index (χ4v) is 1.70. The van der Waals surface area contributed by atoms with Crippen LogP contribution >= 0.6 is 0 Å². The molecular formula is C14H15NO2. The van der Waals surface area contributed by atoms with Crippen LogP contribution in [0.2, 0.25) is 0 Å². The highest BCUT2D eigenvalue weighted by molar-refractivity contribution is 5.91. The third-order valence-electron chi connectivity index (χ3n) is 2.63. The Balaban J connectivity index is 2.07. The van der Waals surface area contributed by atoms with Gasteiger partial charge < -0.3 is 9.73 Å². The molecule has 0 radical (unpaired) electrons. The van der Waals surface area contributed by atoms with Gasteiger partial charge >= 0.3 is 0 Å².